The number of aromatic nitrogens is 2. The number of rotatable bonds is 18. The van der Waals surface area contributed by atoms with Gasteiger partial charge in [-0.25, -0.2) is 0 Å². The van der Waals surface area contributed by atoms with Gasteiger partial charge in [-0.2, -0.15) is 0 Å². The van der Waals surface area contributed by atoms with E-state index < -0.39 is 0 Å². The second-order valence-corrected chi connectivity index (χ2v) is 36.4. The molecule has 0 aliphatic rings. The van der Waals surface area contributed by atoms with Crippen molar-refractivity contribution in [2.75, 3.05) is 9.80 Å². The van der Waals surface area contributed by atoms with Gasteiger partial charge in [0.25, 0.3) is 0 Å². The summed E-state index contributed by atoms with van der Waals surface area (Å²) >= 11 is 0. The number of anilines is 6. The van der Waals surface area contributed by atoms with Crippen molar-refractivity contribution >= 4 is 143 Å². The Hall–Kier alpha value is -18.6. The molecule has 27 rings (SSSR count). The van der Waals surface area contributed by atoms with Crippen LogP contribution in [0.4, 0.5) is 34.1 Å². The Balaban J connectivity index is 0.529. The Kier molecular flexibility index (Phi) is 19.5. The molecule has 0 fully saturated rings. The van der Waals surface area contributed by atoms with Crippen LogP contribution in [0.2, 0.25) is 0 Å². The number of hydrogen-bond donors (Lipinski definition) is 0. The molecule has 0 amide bonds. The Morgan fingerprint density at radius 2 is 0.450 bits per heavy atom. The summed E-state index contributed by atoms with van der Waals surface area (Å²) in [5.74, 6) is 0. The van der Waals surface area contributed by atoms with Crippen molar-refractivity contribution in [3.63, 3.8) is 0 Å². The fraction of sp³-hybridized carbons (Fsp3) is 0. The van der Waals surface area contributed by atoms with Crippen LogP contribution in [0.1, 0.15) is 0 Å². The molecule has 0 radical (unpaired) electrons. The molecular formula is C134H86N4O2. The normalized spacial score (nSPS) is 11.7. The molecule has 0 spiro atoms. The van der Waals surface area contributed by atoms with Gasteiger partial charge in [0.05, 0.1) is 44.8 Å². The SMILES string of the molecule is c1ccc(-c2cccc(-c3ccc(N(c4ccc(-c5ccccc5-n5c6ccccc6c6ccccc65)cc4)c4ccccc4-c4cccc5c4oc4c6ccc(-c7ccc8c(c7)c7ccccc7n8-c7ccccc7-c7ccc(N(c8ccc(-c9ccc(-c%10ccccc%10)c(-c%10ccccc%10)c9)cc8)c8ccccc8-c8cccc9c8oc8c%10ccccc%10ccc98)cc7)cc6ccc54)cc3)c2)cc1. The van der Waals surface area contributed by atoms with Crippen LogP contribution >= 0.6 is 0 Å². The van der Waals surface area contributed by atoms with Crippen LogP contribution in [-0.2, 0) is 0 Å². The van der Waals surface area contributed by atoms with Gasteiger partial charge >= 0.3 is 0 Å². The third-order valence-corrected chi connectivity index (χ3v) is 28.6. The Bertz CT molecular complexity index is 9490. The predicted octanol–water partition coefficient (Wildman–Crippen LogP) is 37.6. The molecule has 140 heavy (non-hydrogen) atoms. The van der Waals surface area contributed by atoms with Crippen LogP contribution < -0.4 is 9.80 Å². The van der Waals surface area contributed by atoms with Gasteiger partial charge in [-0.15, -0.1) is 0 Å². The standard InChI is InChI=1S/C134H86N4O2/c1-4-29-87(30-5-1)95-36-26-37-96(83-95)88-57-70-101(71-58-88)135(103-74-61-93(62-75-103)106-38-12-19-50-123(106)137-127-54-23-14-41-110(127)111-42-15-24-55-128(111)137)126-53-22-17-44-113(126)116-47-28-49-118-120-81-68-100-84-97(67-79-109(100)132(120)140-134(116)118)99-69-82-130-122(86-99)114-45-18-25-56-129(114)138(130)124-51-20-13-39-107(124)94-63-76-104(77-64-94)136(102-72-59-89(60-73-102)98-66-78-105(90-31-6-2-7-32-90)121(85-98)91-33-8-3-9-34-91)125-52-21-16-43-112(125)115-46-27-48-117-119-80-65-92-35-10-11-40-108(92)131(119)139-133(115)117/h1-86H. The van der Waals surface area contributed by atoms with Crippen molar-refractivity contribution < 1.29 is 8.83 Å². The first-order valence-electron chi connectivity index (χ1n) is 48.0. The van der Waals surface area contributed by atoms with Gasteiger partial charge in [0, 0.05) is 110 Å². The number of fused-ring (bicyclic) bond motifs is 16. The molecule has 6 nitrogen and oxygen atoms in total. The lowest BCUT2D eigenvalue weighted by Crippen LogP contribution is -2.11. The van der Waals surface area contributed by atoms with Crippen molar-refractivity contribution in [1.82, 2.24) is 9.13 Å². The third-order valence-electron chi connectivity index (χ3n) is 28.6. The molecule has 654 valence electrons. The summed E-state index contributed by atoms with van der Waals surface area (Å²) in [5, 5.41) is 13.5. The summed E-state index contributed by atoms with van der Waals surface area (Å²) < 4.78 is 19.4. The average molecular weight is 1780 g/mol. The highest BCUT2D eigenvalue weighted by molar-refractivity contribution is 6.21. The molecule has 6 heteroatoms. The minimum absolute atomic E-state index is 0.836. The van der Waals surface area contributed by atoms with Gasteiger partial charge in [0.15, 0.2) is 0 Å². The zero-order valence-corrected chi connectivity index (χ0v) is 76.3. The molecule has 4 aromatic heterocycles. The molecule has 0 N–H and O–H groups in total. The van der Waals surface area contributed by atoms with E-state index in [1.807, 2.05) is 0 Å². The van der Waals surface area contributed by atoms with Gasteiger partial charge in [-0.1, -0.05) is 382 Å². The van der Waals surface area contributed by atoms with E-state index in [0.29, 0.717) is 0 Å². The first-order chi connectivity index (χ1) is 69.4. The lowest BCUT2D eigenvalue weighted by molar-refractivity contribution is 0.673. The highest BCUT2D eigenvalue weighted by Crippen LogP contribution is 2.52. The minimum atomic E-state index is 0.836. The van der Waals surface area contributed by atoms with Gasteiger partial charge in [-0.05, 0) is 228 Å². The Morgan fingerprint density at radius 3 is 0.964 bits per heavy atom. The van der Waals surface area contributed by atoms with E-state index in [1.165, 1.54) is 66.0 Å². The lowest BCUT2D eigenvalue weighted by Gasteiger charge is -2.28. The van der Waals surface area contributed by atoms with E-state index in [0.717, 1.165) is 200 Å². The van der Waals surface area contributed by atoms with Crippen molar-refractivity contribution in [2.45, 2.75) is 0 Å². The number of furan rings is 2. The fourth-order valence-corrected chi connectivity index (χ4v) is 21.9. The number of hydrogen-bond acceptors (Lipinski definition) is 4. The van der Waals surface area contributed by atoms with E-state index in [-0.39, 0.29) is 0 Å². The maximum Gasteiger partial charge on any atom is 0.143 e. The first kappa shape index (κ1) is 81.0. The largest absolute Gasteiger partial charge is 0.455 e. The molecule has 0 saturated carbocycles. The van der Waals surface area contributed by atoms with E-state index in [1.54, 1.807) is 0 Å². The maximum absolute atomic E-state index is 7.42. The van der Waals surface area contributed by atoms with Crippen molar-refractivity contribution in [3.05, 3.63) is 522 Å². The Morgan fingerprint density at radius 1 is 0.143 bits per heavy atom. The van der Waals surface area contributed by atoms with Gasteiger partial charge < -0.3 is 27.8 Å². The molecule has 0 atom stereocenters. The van der Waals surface area contributed by atoms with Crippen LogP contribution in [0.3, 0.4) is 0 Å². The minimum Gasteiger partial charge on any atom is -0.455 e. The van der Waals surface area contributed by atoms with E-state index in [4.69, 9.17) is 8.83 Å². The molecule has 0 saturated heterocycles. The maximum atomic E-state index is 7.42. The highest BCUT2D eigenvalue weighted by Gasteiger charge is 2.28. The van der Waals surface area contributed by atoms with Crippen molar-refractivity contribution in [3.8, 4) is 123 Å². The van der Waals surface area contributed by atoms with Crippen LogP contribution in [0.15, 0.2) is 531 Å². The predicted molar refractivity (Wildman–Crippen MR) is 588 cm³/mol. The summed E-state index contributed by atoms with van der Waals surface area (Å²) in [6.07, 6.45) is 0. The van der Waals surface area contributed by atoms with Crippen LogP contribution in [0, 0.1) is 0 Å². The van der Waals surface area contributed by atoms with Crippen LogP contribution in [-0.4, -0.2) is 9.13 Å². The van der Waals surface area contributed by atoms with Crippen molar-refractivity contribution in [1.29, 1.82) is 0 Å². The average Bonchev–Trinajstić information content (AvgIpc) is 1.57. The topological polar surface area (TPSA) is 42.6 Å². The number of nitrogens with zero attached hydrogens (tertiary/aromatic N) is 4. The lowest BCUT2D eigenvalue weighted by atomic mass is 9.91. The molecule has 0 bridgehead atoms. The first-order valence-corrected chi connectivity index (χ1v) is 48.0. The summed E-state index contributed by atoms with van der Waals surface area (Å²) in [6, 6.07) is 190. The summed E-state index contributed by atoms with van der Waals surface area (Å²) in [5.41, 5.74) is 38.9. The zero-order chi connectivity index (χ0) is 92.2. The van der Waals surface area contributed by atoms with E-state index in [2.05, 4.69) is 541 Å². The molecule has 27 aromatic rings. The fourth-order valence-electron chi connectivity index (χ4n) is 21.9. The smallest absolute Gasteiger partial charge is 0.143 e. The molecule has 23 aromatic carbocycles. The van der Waals surface area contributed by atoms with Crippen molar-refractivity contribution in [2.24, 2.45) is 0 Å². The third kappa shape index (κ3) is 13.8. The number of benzene rings is 23. The quantitative estimate of drug-likeness (QED) is 0.0859. The van der Waals surface area contributed by atoms with Crippen LogP contribution in [0.25, 0.3) is 232 Å². The summed E-state index contributed by atoms with van der Waals surface area (Å²) in [7, 11) is 0. The molecule has 0 unspecified atom stereocenters. The summed E-state index contributed by atoms with van der Waals surface area (Å²) in [6.45, 7) is 0. The molecule has 0 aliphatic carbocycles. The second kappa shape index (κ2) is 33.8. The van der Waals surface area contributed by atoms with Gasteiger partial charge in [-0.3, -0.25) is 0 Å². The van der Waals surface area contributed by atoms with E-state index in [9.17, 15) is 0 Å². The highest BCUT2D eigenvalue weighted by atomic mass is 16.3. The Labute approximate surface area is 809 Å². The van der Waals surface area contributed by atoms with Gasteiger partial charge in [0.2, 0.25) is 0 Å². The molecule has 0 aliphatic heterocycles. The summed E-state index contributed by atoms with van der Waals surface area (Å²) in [4.78, 5) is 4.82. The van der Waals surface area contributed by atoms with E-state index >= 15 is 0 Å². The molecule has 4 heterocycles. The van der Waals surface area contributed by atoms with Gasteiger partial charge in [0.1, 0.15) is 22.3 Å². The molecular weight excluding hydrogens is 1700 g/mol. The zero-order valence-electron chi connectivity index (χ0n) is 76.3. The number of para-hydroxylation sites is 9. The monoisotopic (exact) mass is 1780 g/mol. The van der Waals surface area contributed by atoms with Crippen LogP contribution in [0.5, 0.6) is 0 Å². The second-order valence-electron chi connectivity index (χ2n) is 36.4.